The summed E-state index contributed by atoms with van der Waals surface area (Å²) in [6, 6.07) is 8.17. The third-order valence-electron chi connectivity index (χ3n) is 4.17. The summed E-state index contributed by atoms with van der Waals surface area (Å²) in [6.07, 6.45) is 2.14. The maximum absolute atomic E-state index is 9.86. The first-order valence-electron chi connectivity index (χ1n) is 7.24. The fourth-order valence-corrected chi connectivity index (χ4v) is 2.92. The van der Waals surface area contributed by atoms with Crippen molar-refractivity contribution in [3.63, 3.8) is 0 Å². The zero-order chi connectivity index (χ0) is 13.8. The second kappa shape index (κ2) is 6.40. The van der Waals surface area contributed by atoms with E-state index in [0.29, 0.717) is 0 Å². The molecule has 1 aromatic carbocycles. The van der Waals surface area contributed by atoms with E-state index in [1.807, 2.05) is 25.1 Å². The van der Waals surface area contributed by atoms with E-state index in [1.165, 1.54) is 25.9 Å². The average Bonchev–Trinajstić information content (AvgIpc) is 2.41. The van der Waals surface area contributed by atoms with E-state index in [4.69, 9.17) is 0 Å². The lowest BCUT2D eigenvalue weighted by molar-refractivity contribution is 0.199. The van der Waals surface area contributed by atoms with Crippen LogP contribution < -0.4 is 4.90 Å². The zero-order valence-electron chi connectivity index (χ0n) is 12.3. The van der Waals surface area contributed by atoms with Crippen molar-refractivity contribution in [2.45, 2.75) is 25.9 Å². The van der Waals surface area contributed by atoms with Gasteiger partial charge in [-0.3, -0.25) is 0 Å². The SMILES string of the molecule is C[C@H](O)c1ccccc1N(C)CC1CCN(C)CC1. The van der Waals surface area contributed by atoms with Gasteiger partial charge < -0.3 is 14.9 Å². The van der Waals surface area contributed by atoms with Crippen LogP contribution in [-0.4, -0.2) is 43.7 Å². The van der Waals surface area contributed by atoms with Crippen molar-refractivity contribution >= 4 is 5.69 Å². The first-order chi connectivity index (χ1) is 9.08. The molecule has 0 saturated carbocycles. The number of piperidine rings is 1. The van der Waals surface area contributed by atoms with Crippen molar-refractivity contribution in [1.29, 1.82) is 0 Å². The molecule has 1 heterocycles. The van der Waals surface area contributed by atoms with Crippen LogP contribution >= 0.6 is 0 Å². The smallest absolute Gasteiger partial charge is 0.0781 e. The highest BCUT2D eigenvalue weighted by Crippen LogP contribution is 2.27. The fourth-order valence-electron chi connectivity index (χ4n) is 2.92. The van der Waals surface area contributed by atoms with Gasteiger partial charge >= 0.3 is 0 Å². The summed E-state index contributed by atoms with van der Waals surface area (Å²) in [6.45, 7) is 5.33. The Kier molecular flexibility index (Phi) is 4.83. The summed E-state index contributed by atoms with van der Waals surface area (Å²) in [5, 5.41) is 9.86. The zero-order valence-corrected chi connectivity index (χ0v) is 12.3. The fraction of sp³-hybridized carbons (Fsp3) is 0.625. The van der Waals surface area contributed by atoms with Gasteiger partial charge in [0.15, 0.2) is 0 Å². The molecular weight excluding hydrogens is 236 g/mol. The van der Waals surface area contributed by atoms with Crippen LogP contribution in [0.4, 0.5) is 5.69 Å². The molecule has 0 aliphatic carbocycles. The highest BCUT2D eigenvalue weighted by Gasteiger charge is 2.19. The molecule has 3 heteroatoms. The van der Waals surface area contributed by atoms with E-state index < -0.39 is 6.10 Å². The van der Waals surface area contributed by atoms with E-state index >= 15 is 0 Å². The number of hydrogen-bond acceptors (Lipinski definition) is 3. The Morgan fingerprint density at radius 2 is 1.95 bits per heavy atom. The average molecular weight is 262 g/mol. The Bertz CT molecular complexity index is 397. The maximum atomic E-state index is 9.86. The predicted molar refractivity (Wildman–Crippen MR) is 80.6 cm³/mol. The van der Waals surface area contributed by atoms with Gasteiger partial charge in [-0.1, -0.05) is 18.2 Å². The van der Waals surface area contributed by atoms with Crippen molar-refractivity contribution < 1.29 is 5.11 Å². The molecule has 1 saturated heterocycles. The largest absolute Gasteiger partial charge is 0.389 e. The Labute approximate surface area is 116 Å². The molecule has 0 amide bonds. The maximum Gasteiger partial charge on any atom is 0.0781 e. The molecule has 3 nitrogen and oxygen atoms in total. The molecule has 19 heavy (non-hydrogen) atoms. The van der Waals surface area contributed by atoms with E-state index in [9.17, 15) is 5.11 Å². The molecule has 1 fully saturated rings. The number of anilines is 1. The Hall–Kier alpha value is -1.06. The highest BCUT2D eigenvalue weighted by molar-refractivity contribution is 5.53. The molecule has 106 valence electrons. The lowest BCUT2D eigenvalue weighted by Gasteiger charge is -2.33. The molecule has 1 aromatic rings. The summed E-state index contributed by atoms with van der Waals surface area (Å²) in [5.41, 5.74) is 2.19. The van der Waals surface area contributed by atoms with Gasteiger partial charge in [0.05, 0.1) is 6.10 Å². The van der Waals surface area contributed by atoms with Crippen molar-refractivity contribution in [2.75, 3.05) is 38.6 Å². The number of para-hydroxylation sites is 1. The molecule has 1 N–H and O–H groups in total. The van der Waals surface area contributed by atoms with Gasteiger partial charge in [-0.05, 0) is 51.9 Å². The molecule has 1 aliphatic heterocycles. The van der Waals surface area contributed by atoms with Crippen molar-refractivity contribution in [1.82, 2.24) is 4.90 Å². The number of benzene rings is 1. The van der Waals surface area contributed by atoms with Crippen LogP contribution in [0.25, 0.3) is 0 Å². The summed E-state index contributed by atoms with van der Waals surface area (Å²) >= 11 is 0. The molecule has 0 spiro atoms. The van der Waals surface area contributed by atoms with Gasteiger partial charge in [-0.2, -0.15) is 0 Å². The molecule has 0 aromatic heterocycles. The van der Waals surface area contributed by atoms with Gasteiger partial charge in [-0.15, -0.1) is 0 Å². The molecule has 0 bridgehead atoms. The van der Waals surface area contributed by atoms with Crippen LogP contribution in [0.15, 0.2) is 24.3 Å². The standard InChI is InChI=1S/C16H26N2O/c1-13(19)15-6-4-5-7-16(15)18(3)12-14-8-10-17(2)11-9-14/h4-7,13-14,19H,8-12H2,1-3H3/t13-/m0/s1. The Morgan fingerprint density at radius 3 is 2.58 bits per heavy atom. The van der Waals surface area contributed by atoms with Gasteiger partial charge in [-0.25, -0.2) is 0 Å². The van der Waals surface area contributed by atoms with Crippen LogP contribution in [-0.2, 0) is 0 Å². The Morgan fingerprint density at radius 1 is 1.32 bits per heavy atom. The normalized spacial score (nSPS) is 19.4. The lowest BCUT2D eigenvalue weighted by Crippen LogP contribution is -2.36. The quantitative estimate of drug-likeness (QED) is 0.903. The van der Waals surface area contributed by atoms with Crippen molar-refractivity contribution in [3.05, 3.63) is 29.8 Å². The number of aliphatic hydroxyl groups is 1. The van der Waals surface area contributed by atoms with E-state index in [-0.39, 0.29) is 0 Å². The van der Waals surface area contributed by atoms with Gasteiger partial charge in [0.1, 0.15) is 0 Å². The summed E-state index contributed by atoms with van der Waals surface area (Å²) in [7, 11) is 4.34. The van der Waals surface area contributed by atoms with E-state index in [0.717, 1.165) is 23.7 Å². The summed E-state index contributed by atoms with van der Waals surface area (Å²) in [5.74, 6) is 0.767. The molecule has 1 aliphatic rings. The van der Waals surface area contributed by atoms with Gasteiger partial charge in [0.2, 0.25) is 0 Å². The van der Waals surface area contributed by atoms with Gasteiger partial charge in [0.25, 0.3) is 0 Å². The minimum atomic E-state index is -0.406. The minimum absolute atomic E-state index is 0.406. The third-order valence-corrected chi connectivity index (χ3v) is 4.17. The Balaban J connectivity index is 2.01. The van der Waals surface area contributed by atoms with Crippen LogP contribution in [0.5, 0.6) is 0 Å². The van der Waals surface area contributed by atoms with E-state index in [2.05, 4.69) is 30.0 Å². The highest BCUT2D eigenvalue weighted by atomic mass is 16.3. The third kappa shape index (κ3) is 3.71. The number of hydrogen-bond donors (Lipinski definition) is 1. The van der Waals surface area contributed by atoms with Gasteiger partial charge in [0, 0.05) is 24.8 Å². The second-order valence-corrected chi connectivity index (χ2v) is 5.86. The minimum Gasteiger partial charge on any atom is -0.389 e. The number of rotatable bonds is 4. The van der Waals surface area contributed by atoms with Crippen molar-refractivity contribution in [3.8, 4) is 0 Å². The second-order valence-electron chi connectivity index (χ2n) is 5.86. The van der Waals surface area contributed by atoms with Crippen LogP contribution in [0.1, 0.15) is 31.4 Å². The molecule has 2 rings (SSSR count). The summed E-state index contributed by atoms with van der Waals surface area (Å²) in [4.78, 5) is 4.71. The monoisotopic (exact) mass is 262 g/mol. The van der Waals surface area contributed by atoms with Crippen LogP contribution in [0.2, 0.25) is 0 Å². The first kappa shape index (κ1) is 14.4. The molecular formula is C16H26N2O. The molecule has 1 atom stereocenters. The molecule has 0 unspecified atom stereocenters. The number of likely N-dealkylation sites (tertiary alicyclic amines) is 1. The molecule has 0 radical (unpaired) electrons. The first-order valence-corrected chi connectivity index (χ1v) is 7.24. The van der Waals surface area contributed by atoms with E-state index in [1.54, 1.807) is 0 Å². The van der Waals surface area contributed by atoms with Crippen molar-refractivity contribution in [2.24, 2.45) is 5.92 Å². The summed E-state index contributed by atoms with van der Waals surface area (Å²) < 4.78 is 0. The van der Waals surface area contributed by atoms with Crippen LogP contribution in [0, 0.1) is 5.92 Å². The lowest BCUT2D eigenvalue weighted by atomic mass is 9.96. The number of aliphatic hydroxyl groups excluding tert-OH is 1. The topological polar surface area (TPSA) is 26.7 Å². The van der Waals surface area contributed by atoms with Crippen LogP contribution in [0.3, 0.4) is 0 Å². The predicted octanol–water partition coefficient (Wildman–Crippen LogP) is 2.52. The number of nitrogens with zero attached hydrogens (tertiary/aromatic N) is 2.